The van der Waals surface area contributed by atoms with Crippen molar-refractivity contribution in [3.8, 4) is 28.7 Å². The van der Waals surface area contributed by atoms with Crippen LogP contribution in [0.2, 0.25) is 0 Å². The molecule has 9 nitrogen and oxygen atoms in total. The van der Waals surface area contributed by atoms with E-state index in [0.717, 1.165) is 24.1 Å². The summed E-state index contributed by atoms with van der Waals surface area (Å²) in [5, 5.41) is 0. The fraction of sp³-hybridized carbons (Fsp3) is 0.263. The molecule has 9 heteroatoms. The minimum atomic E-state index is -0.337. The first-order chi connectivity index (χ1) is 13.7. The number of H-pyrrole nitrogens is 2. The molecule has 4 aromatic rings. The zero-order chi connectivity index (χ0) is 19.1. The van der Waals surface area contributed by atoms with Gasteiger partial charge in [-0.1, -0.05) is 0 Å². The van der Waals surface area contributed by atoms with Crippen molar-refractivity contribution < 1.29 is 9.47 Å². The van der Waals surface area contributed by atoms with E-state index in [1.165, 1.54) is 4.57 Å². The second-order valence-electron chi connectivity index (χ2n) is 6.68. The number of aromatic amines is 2. The van der Waals surface area contributed by atoms with Crippen LogP contribution in [0.4, 0.5) is 0 Å². The molecular weight excluding hydrogens is 360 g/mol. The molecule has 0 saturated heterocycles. The number of nitrogens with one attached hydrogen (secondary N) is 2. The Balaban J connectivity index is 1.76. The quantitative estimate of drug-likeness (QED) is 0.526. The maximum absolute atomic E-state index is 12.7. The third-order valence-corrected chi connectivity index (χ3v) is 4.72. The molecule has 2 bridgehead atoms. The minimum absolute atomic E-state index is 0.0366. The average Bonchev–Trinajstić information content (AvgIpc) is 3.32. The van der Waals surface area contributed by atoms with Gasteiger partial charge >= 0.3 is 5.69 Å². The van der Waals surface area contributed by atoms with Crippen LogP contribution in [-0.2, 0) is 0 Å². The van der Waals surface area contributed by atoms with E-state index < -0.39 is 0 Å². The van der Waals surface area contributed by atoms with Gasteiger partial charge in [0.25, 0.3) is 0 Å². The Morgan fingerprint density at radius 1 is 1.29 bits per heavy atom. The molecule has 1 atom stereocenters. The van der Waals surface area contributed by atoms with Crippen LogP contribution >= 0.6 is 0 Å². The molecule has 0 fully saturated rings. The average molecular weight is 378 g/mol. The maximum Gasteiger partial charge on any atom is 0.333 e. The summed E-state index contributed by atoms with van der Waals surface area (Å²) in [4.78, 5) is 31.5. The molecule has 4 aromatic heterocycles. The van der Waals surface area contributed by atoms with Crippen molar-refractivity contribution in [3.05, 3.63) is 47.4 Å². The van der Waals surface area contributed by atoms with Gasteiger partial charge in [0.15, 0.2) is 5.65 Å². The monoisotopic (exact) mass is 378 g/mol. The van der Waals surface area contributed by atoms with Crippen LogP contribution in [-0.4, -0.2) is 42.2 Å². The van der Waals surface area contributed by atoms with E-state index in [1.54, 1.807) is 30.9 Å². The van der Waals surface area contributed by atoms with Gasteiger partial charge < -0.3 is 14.5 Å². The summed E-state index contributed by atoms with van der Waals surface area (Å²) in [6.45, 7) is 2.49. The lowest BCUT2D eigenvalue weighted by atomic mass is 10.2. The zero-order valence-electron chi connectivity index (χ0n) is 15.2. The number of nitrogens with zero attached hydrogens (tertiary/aromatic N) is 4. The van der Waals surface area contributed by atoms with Crippen molar-refractivity contribution in [3.63, 3.8) is 0 Å². The van der Waals surface area contributed by atoms with Gasteiger partial charge in [0, 0.05) is 12.3 Å². The van der Waals surface area contributed by atoms with Crippen molar-refractivity contribution in [2.45, 2.75) is 25.9 Å². The molecule has 5 rings (SSSR count). The van der Waals surface area contributed by atoms with Crippen LogP contribution in [0.5, 0.6) is 11.6 Å². The predicted molar refractivity (Wildman–Crippen MR) is 102 cm³/mol. The van der Waals surface area contributed by atoms with Crippen molar-refractivity contribution in [1.82, 2.24) is 29.5 Å². The molecule has 0 radical (unpaired) electrons. The number of hydrogen-bond acceptors (Lipinski definition) is 6. The third-order valence-electron chi connectivity index (χ3n) is 4.72. The molecular formula is C19H18N6O3. The molecule has 1 aliphatic heterocycles. The summed E-state index contributed by atoms with van der Waals surface area (Å²) < 4.78 is 13.5. The molecule has 0 saturated carbocycles. The highest BCUT2D eigenvalue weighted by molar-refractivity contribution is 5.80. The largest absolute Gasteiger partial charge is 0.488 e. The summed E-state index contributed by atoms with van der Waals surface area (Å²) in [5.41, 5.74) is 2.26. The van der Waals surface area contributed by atoms with Gasteiger partial charge in [-0.25, -0.2) is 19.3 Å². The number of hydrogen-bond donors (Lipinski definition) is 2. The Morgan fingerprint density at radius 3 is 3.07 bits per heavy atom. The molecule has 5 heterocycles. The number of pyridine rings is 2. The summed E-state index contributed by atoms with van der Waals surface area (Å²) in [6.07, 6.45) is 6.51. The Morgan fingerprint density at radius 2 is 2.21 bits per heavy atom. The molecule has 28 heavy (non-hydrogen) atoms. The smallest absolute Gasteiger partial charge is 0.333 e. The number of fused-ring (bicyclic) bond motifs is 3. The van der Waals surface area contributed by atoms with Gasteiger partial charge in [0.1, 0.15) is 17.1 Å². The summed E-state index contributed by atoms with van der Waals surface area (Å²) in [5.74, 6) is 1.47. The first-order valence-corrected chi connectivity index (χ1v) is 9.10. The second kappa shape index (κ2) is 6.52. The van der Waals surface area contributed by atoms with Crippen molar-refractivity contribution >= 4 is 11.2 Å². The third kappa shape index (κ3) is 2.72. The number of rotatable bonds is 1. The van der Waals surface area contributed by atoms with Crippen LogP contribution in [0.3, 0.4) is 0 Å². The van der Waals surface area contributed by atoms with E-state index in [1.807, 2.05) is 13.0 Å². The molecule has 0 spiro atoms. The number of ether oxygens (including phenoxy) is 2. The van der Waals surface area contributed by atoms with E-state index in [9.17, 15) is 4.79 Å². The Hall–Kier alpha value is -3.62. The normalized spacial score (nSPS) is 16.7. The van der Waals surface area contributed by atoms with Gasteiger partial charge in [0.05, 0.1) is 36.5 Å². The van der Waals surface area contributed by atoms with E-state index in [4.69, 9.17) is 9.47 Å². The van der Waals surface area contributed by atoms with Crippen molar-refractivity contribution in [1.29, 1.82) is 0 Å². The lowest BCUT2D eigenvalue weighted by Crippen LogP contribution is -2.19. The molecule has 0 amide bonds. The standard InChI is InChI=1S/C19H18N6O3/c1-11-3-2-8-27-18-12(13-9-20-10-22-13)4-5-15(23-18)25-16-14(28-11)6-7-21-17(16)24-19(25)26/h4-7,9-11H,2-3,8H2,1H3,(H,20,22)(H,21,24,26)/t11-/m0/s1. The fourth-order valence-electron chi connectivity index (χ4n) is 3.40. The van der Waals surface area contributed by atoms with E-state index in [-0.39, 0.29) is 11.8 Å². The van der Waals surface area contributed by atoms with E-state index >= 15 is 0 Å². The topological polar surface area (TPSA) is 111 Å². The highest BCUT2D eigenvalue weighted by atomic mass is 16.5. The minimum Gasteiger partial charge on any atom is -0.488 e. The summed E-state index contributed by atoms with van der Waals surface area (Å²) in [6, 6.07) is 5.40. The van der Waals surface area contributed by atoms with Crippen LogP contribution in [0.15, 0.2) is 41.7 Å². The first-order valence-electron chi connectivity index (χ1n) is 9.10. The lowest BCUT2D eigenvalue weighted by Gasteiger charge is -2.18. The van der Waals surface area contributed by atoms with Gasteiger partial charge in [-0.05, 0) is 31.9 Å². The maximum atomic E-state index is 12.7. The fourth-order valence-corrected chi connectivity index (χ4v) is 3.40. The first kappa shape index (κ1) is 16.5. The Kier molecular flexibility index (Phi) is 3.85. The van der Waals surface area contributed by atoms with Crippen molar-refractivity contribution in [2.24, 2.45) is 0 Å². The van der Waals surface area contributed by atoms with Crippen LogP contribution in [0.25, 0.3) is 28.2 Å². The zero-order valence-corrected chi connectivity index (χ0v) is 15.2. The predicted octanol–water partition coefficient (Wildman–Crippen LogP) is 2.44. The van der Waals surface area contributed by atoms with Crippen LogP contribution in [0, 0.1) is 0 Å². The molecule has 0 aliphatic carbocycles. The van der Waals surface area contributed by atoms with Crippen LogP contribution in [0.1, 0.15) is 19.8 Å². The van der Waals surface area contributed by atoms with Gasteiger partial charge in [-0.3, -0.25) is 4.98 Å². The van der Waals surface area contributed by atoms with Gasteiger partial charge in [-0.15, -0.1) is 0 Å². The molecule has 0 aromatic carbocycles. The van der Waals surface area contributed by atoms with Crippen LogP contribution < -0.4 is 15.2 Å². The van der Waals surface area contributed by atoms with Gasteiger partial charge in [-0.2, -0.15) is 4.98 Å². The van der Waals surface area contributed by atoms with E-state index in [2.05, 4.69) is 24.9 Å². The Bertz CT molecular complexity index is 1190. The highest BCUT2D eigenvalue weighted by Gasteiger charge is 2.20. The lowest BCUT2D eigenvalue weighted by molar-refractivity contribution is 0.193. The highest BCUT2D eigenvalue weighted by Crippen LogP contribution is 2.31. The van der Waals surface area contributed by atoms with Crippen molar-refractivity contribution in [2.75, 3.05) is 6.61 Å². The molecule has 142 valence electrons. The molecule has 0 unspecified atom stereocenters. The molecule has 1 aliphatic rings. The SMILES string of the molecule is C[C@H]1CCCOc2nc(ccc2-c2cnc[nH]2)-n2c(=O)[nH]c3nccc(c32)O1. The summed E-state index contributed by atoms with van der Waals surface area (Å²) in [7, 11) is 0. The number of imidazole rings is 2. The number of aromatic nitrogens is 6. The van der Waals surface area contributed by atoms with E-state index in [0.29, 0.717) is 35.2 Å². The Labute approximate surface area is 159 Å². The van der Waals surface area contributed by atoms with Gasteiger partial charge in [0.2, 0.25) is 5.88 Å². The molecule has 2 N–H and O–H groups in total. The summed E-state index contributed by atoms with van der Waals surface area (Å²) >= 11 is 0. The second-order valence-corrected chi connectivity index (χ2v) is 6.68.